The largest absolute Gasteiger partial charge is 0.336 e. The van der Waals surface area contributed by atoms with Gasteiger partial charge in [0, 0.05) is 72.8 Å². The minimum Gasteiger partial charge on any atom is -0.336 e. The molecule has 0 aliphatic carbocycles. The molecule has 4 aromatic rings. The van der Waals surface area contributed by atoms with Gasteiger partial charge in [-0.15, -0.1) is 0 Å². The lowest BCUT2D eigenvalue weighted by atomic mass is 10.1. The maximum Gasteiger partial charge on any atom is 0.259 e. The van der Waals surface area contributed by atoms with Crippen LogP contribution in [0, 0.1) is 6.92 Å². The zero-order valence-corrected chi connectivity index (χ0v) is 20.6. The molecule has 0 unspecified atom stereocenters. The van der Waals surface area contributed by atoms with Crippen LogP contribution in [0.15, 0.2) is 42.9 Å². The van der Waals surface area contributed by atoms with E-state index >= 15 is 0 Å². The third-order valence-corrected chi connectivity index (χ3v) is 6.99. The predicted molar refractivity (Wildman–Crippen MR) is 132 cm³/mol. The van der Waals surface area contributed by atoms with Crippen molar-refractivity contribution in [2.24, 2.45) is 0 Å². The highest BCUT2D eigenvalue weighted by Gasteiger charge is 2.26. The van der Waals surface area contributed by atoms with E-state index in [4.69, 9.17) is 23.2 Å². The Morgan fingerprint density at radius 1 is 1.09 bits per heavy atom. The van der Waals surface area contributed by atoms with Crippen LogP contribution in [0.2, 0.25) is 10.0 Å². The molecule has 1 fully saturated rings. The molecule has 4 heterocycles. The number of halogens is 2. The molecule has 3 aromatic heterocycles. The minimum absolute atomic E-state index is 0.0592. The Morgan fingerprint density at radius 3 is 2.50 bits per heavy atom. The van der Waals surface area contributed by atoms with Gasteiger partial charge in [0.15, 0.2) is 5.65 Å². The van der Waals surface area contributed by atoms with Crippen LogP contribution in [0.1, 0.15) is 28.5 Å². The number of piperazine rings is 1. The van der Waals surface area contributed by atoms with Crippen LogP contribution in [0.25, 0.3) is 16.9 Å². The van der Waals surface area contributed by atoms with Crippen LogP contribution in [-0.2, 0) is 13.1 Å². The quantitative estimate of drug-likeness (QED) is 0.413. The van der Waals surface area contributed by atoms with Gasteiger partial charge in [-0.2, -0.15) is 10.2 Å². The first kappa shape index (κ1) is 22.8. The Morgan fingerprint density at radius 2 is 1.82 bits per heavy atom. The highest BCUT2D eigenvalue weighted by molar-refractivity contribution is 6.35. The Kier molecular flexibility index (Phi) is 6.29. The van der Waals surface area contributed by atoms with Crippen molar-refractivity contribution in [1.29, 1.82) is 0 Å². The second-order valence-electron chi connectivity index (χ2n) is 8.38. The number of benzene rings is 1. The molecule has 0 N–H and O–H groups in total. The Labute approximate surface area is 207 Å². The number of rotatable bonds is 5. The number of aromatic nitrogens is 5. The van der Waals surface area contributed by atoms with E-state index in [1.54, 1.807) is 16.9 Å². The van der Waals surface area contributed by atoms with Gasteiger partial charge in [-0.05, 0) is 32.0 Å². The van der Waals surface area contributed by atoms with Gasteiger partial charge in [-0.25, -0.2) is 9.50 Å². The Balaban J connectivity index is 1.33. The first-order valence-corrected chi connectivity index (χ1v) is 12.0. The smallest absolute Gasteiger partial charge is 0.259 e. The monoisotopic (exact) mass is 497 g/mol. The zero-order valence-electron chi connectivity index (χ0n) is 19.1. The van der Waals surface area contributed by atoms with Crippen LogP contribution in [0.3, 0.4) is 0 Å². The summed E-state index contributed by atoms with van der Waals surface area (Å²) in [6, 6.07) is 7.45. The molecule has 34 heavy (non-hydrogen) atoms. The summed E-state index contributed by atoms with van der Waals surface area (Å²) in [5, 5.41) is 10.4. The number of carbonyl (C=O) groups is 1. The summed E-state index contributed by atoms with van der Waals surface area (Å²) >= 11 is 12.7. The molecule has 0 spiro atoms. The molecule has 5 rings (SSSR count). The molecule has 176 valence electrons. The second kappa shape index (κ2) is 9.37. The maximum absolute atomic E-state index is 13.4. The van der Waals surface area contributed by atoms with Crippen molar-refractivity contribution < 1.29 is 4.79 Å². The van der Waals surface area contributed by atoms with Crippen molar-refractivity contribution in [2.75, 3.05) is 26.2 Å². The molecule has 0 saturated carbocycles. The van der Waals surface area contributed by atoms with E-state index in [0.29, 0.717) is 40.9 Å². The first-order chi connectivity index (χ1) is 16.5. The third-order valence-electron chi connectivity index (χ3n) is 6.28. The van der Waals surface area contributed by atoms with Crippen LogP contribution in [-0.4, -0.2) is 66.3 Å². The topological polar surface area (TPSA) is 71.6 Å². The van der Waals surface area contributed by atoms with E-state index in [1.165, 1.54) is 0 Å². The molecule has 0 atom stereocenters. The summed E-state index contributed by atoms with van der Waals surface area (Å²) in [4.78, 5) is 22.0. The average Bonchev–Trinajstić information content (AvgIpc) is 3.45. The van der Waals surface area contributed by atoms with Crippen molar-refractivity contribution in [3.05, 3.63) is 69.7 Å². The molecular formula is C24H25Cl2N7O. The fourth-order valence-electron chi connectivity index (χ4n) is 4.36. The summed E-state index contributed by atoms with van der Waals surface area (Å²) in [6.07, 6.45) is 5.33. The lowest BCUT2D eigenvalue weighted by Gasteiger charge is -2.34. The van der Waals surface area contributed by atoms with E-state index in [0.717, 1.165) is 42.1 Å². The fourth-order valence-corrected chi connectivity index (χ4v) is 4.88. The number of nitrogens with zero attached hydrogens (tertiary/aromatic N) is 7. The predicted octanol–water partition coefficient (Wildman–Crippen LogP) is 4.19. The Hall–Kier alpha value is -2.94. The van der Waals surface area contributed by atoms with E-state index in [1.807, 2.05) is 53.9 Å². The standard InChI is InChI=1S/C24H25Cl2N7O/c1-3-32-15-18(16(2)29-32)22-7-8-27-23-17(13-28-33(22)23)24(34)31-11-9-30(10-12-31)14-19-20(25)5-4-6-21(19)26/h4-8,13,15H,3,9-12,14H2,1-2H3. The van der Waals surface area contributed by atoms with Crippen LogP contribution in [0.5, 0.6) is 0 Å². The lowest BCUT2D eigenvalue weighted by Crippen LogP contribution is -2.48. The van der Waals surface area contributed by atoms with Gasteiger partial charge in [-0.3, -0.25) is 14.4 Å². The van der Waals surface area contributed by atoms with E-state index in [9.17, 15) is 4.79 Å². The molecule has 1 aliphatic heterocycles. The van der Waals surface area contributed by atoms with Crippen LogP contribution >= 0.6 is 23.2 Å². The van der Waals surface area contributed by atoms with Crippen LogP contribution < -0.4 is 0 Å². The molecule has 8 nitrogen and oxygen atoms in total. The van der Waals surface area contributed by atoms with Gasteiger partial charge in [0.1, 0.15) is 5.56 Å². The van der Waals surface area contributed by atoms with Gasteiger partial charge in [0.25, 0.3) is 5.91 Å². The number of carbonyl (C=O) groups excluding carboxylic acids is 1. The first-order valence-electron chi connectivity index (χ1n) is 11.3. The van der Waals surface area contributed by atoms with Crippen molar-refractivity contribution in [1.82, 2.24) is 34.2 Å². The number of hydrogen-bond acceptors (Lipinski definition) is 5. The average molecular weight is 498 g/mol. The summed E-state index contributed by atoms with van der Waals surface area (Å²) in [6.45, 7) is 8.16. The maximum atomic E-state index is 13.4. The van der Waals surface area contributed by atoms with Gasteiger partial charge >= 0.3 is 0 Å². The SMILES string of the molecule is CCn1cc(-c2ccnc3c(C(=O)N4CCN(Cc5c(Cl)cccc5Cl)CC4)cnn23)c(C)n1. The molecular weight excluding hydrogens is 473 g/mol. The fraction of sp³-hybridized carbons (Fsp3) is 0.333. The molecule has 10 heteroatoms. The van der Waals surface area contributed by atoms with Crippen molar-refractivity contribution in [2.45, 2.75) is 26.9 Å². The molecule has 0 radical (unpaired) electrons. The summed E-state index contributed by atoms with van der Waals surface area (Å²) in [5.41, 5.74) is 4.73. The molecule has 1 aliphatic rings. The van der Waals surface area contributed by atoms with Crippen molar-refractivity contribution >= 4 is 34.8 Å². The van der Waals surface area contributed by atoms with E-state index in [2.05, 4.69) is 20.1 Å². The molecule has 1 aromatic carbocycles. The molecule has 1 amide bonds. The zero-order chi connectivity index (χ0) is 23.8. The summed E-state index contributed by atoms with van der Waals surface area (Å²) in [5.74, 6) is -0.0592. The molecule has 1 saturated heterocycles. The normalized spacial score (nSPS) is 14.8. The number of fused-ring (bicyclic) bond motifs is 1. The van der Waals surface area contributed by atoms with Crippen molar-refractivity contribution in [3.8, 4) is 11.3 Å². The van der Waals surface area contributed by atoms with Gasteiger partial charge in [0.05, 0.1) is 17.6 Å². The highest BCUT2D eigenvalue weighted by Crippen LogP contribution is 2.27. The third kappa shape index (κ3) is 4.17. The minimum atomic E-state index is -0.0592. The van der Waals surface area contributed by atoms with Gasteiger partial charge < -0.3 is 4.90 Å². The van der Waals surface area contributed by atoms with Crippen LogP contribution in [0.4, 0.5) is 0 Å². The van der Waals surface area contributed by atoms with Gasteiger partial charge in [0.2, 0.25) is 0 Å². The Bertz CT molecular complexity index is 1330. The number of amides is 1. The summed E-state index contributed by atoms with van der Waals surface area (Å²) in [7, 11) is 0. The van der Waals surface area contributed by atoms with Gasteiger partial charge in [-0.1, -0.05) is 29.3 Å². The highest BCUT2D eigenvalue weighted by atomic mass is 35.5. The summed E-state index contributed by atoms with van der Waals surface area (Å²) < 4.78 is 3.62. The number of hydrogen-bond donors (Lipinski definition) is 0. The number of aryl methyl sites for hydroxylation is 2. The molecule has 0 bridgehead atoms. The second-order valence-corrected chi connectivity index (χ2v) is 9.19. The van der Waals surface area contributed by atoms with E-state index < -0.39 is 0 Å². The van der Waals surface area contributed by atoms with E-state index in [-0.39, 0.29) is 5.91 Å². The lowest BCUT2D eigenvalue weighted by molar-refractivity contribution is 0.0630. The van der Waals surface area contributed by atoms with Crippen molar-refractivity contribution in [3.63, 3.8) is 0 Å².